The maximum Gasteiger partial charge on any atom is 0.326 e. The van der Waals surface area contributed by atoms with Gasteiger partial charge >= 0.3 is 5.97 Å². The van der Waals surface area contributed by atoms with Crippen LogP contribution < -0.4 is 10.6 Å². The maximum atomic E-state index is 11.8. The number of halogens is 1. The lowest BCUT2D eigenvalue weighted by molar-refractivity contribution is -0.141. The molecule has 0 aromatic heterocycles. The van der Waals surface area contributed by atoms with E-state index in [0.29, 0.717) is 0 Å². The van der Waals surface area contributed by atoms with Crippen LogP contribution in [0, 0.1) is 0 Å². The van der Waals surface area contributed by atoms with Gasteiger partial charge in [-0.2, -0.15) is 0 Å². The first-order chi connectivity index (χ1) is 9.95. The molecule has 1 unspecified atom stereocenters. The summed E-state index contributed by atoms with van der Waals surface area (Å²) < 4.78 is 0. The van der Waals surface area contributed by atoms with Crippen molar-refractivity contribution in [1.29, 1.82) is 0 Å². The second-order valence-corrected chi connectivity index (χ2v) is 4.55. The lowest BCUT2D eigenvalue weighted by Crippen LogP contribution is -2.45. The van der Waals surface area contributed by atoms with Crippen molar-refractivity contribution in [2.75, 3.05) is 6.54 Å². The average Bonchev–Trinajstić information content (AvgIpc) is 2.44. The molecule has 0 aliphatic carbocycles. The van der Waals surface area contributed by atoms with E-state index in [9.17, 15) is 14.4 Å². The smallest absolute Gasteiger partial charge is 0.326 e. The van der Waals surface area contributed by atoms with Gasteiger partial charge in [-0.1, -0.05) is 29.8 Å². The fourth-order valence-corrected chi connectivity index (χ4v) is 1.76. The Hall–Kier alpha value is -2.34. The molecule has 0 bridgehead atoms. The first-order valence-corrected chi connectivity index (χ1v) is 6.49. The third kappa shape index (κ3) is 5.27. The number of rotatable bonds is 7. The normalized spacial score (nSPS) is 11.3. The lowest BCUT2D eigenvalue weighted by atomic mass is 10.2. The fraction of sp³-hybridized carbons (Fsp3) is 0.214. The van der Waals surface area contributed by atoms with Crippen LogP contribution in [0.3, 0.4) is 0 Å². The van der Waals surface area contributed by atoms with Crippen molar-refractivity contribution >= 4 is 29.4 Å². The summed E-state index contributed by atoms with van der Waals surface area (Å²) in [7, 11) is 0. The highest BCUT2D eigenvalue weighted by atomic mass is 35.5. The van der Waals surface area contributed by atoms with Gasteiger partial charge < -0.3 is 15.7 Å². The first kappa shape index (κ1) is 16.7. The monoisotopic (exact) mass is 310 g/mol. The van der Waals surface area contributed by atoms with Crippen molar-refractivity contribution in [1.82, 2.24) is 10.6 Å². The summed E-state index contributed by atoms with van der Waals surface area (Å²) in [5.74, 6) is -2.28. The van der Waals surface area contributed by atoms with Crippen molar-refractivity contribution in [3.63, 3.8) is 0 Å². The Morgan fingerprint density at radius 1 is 1.33 bits per heavy atom. The van der Waals surface area contributed by atoms with Gasteiger partial charge in [0.05, 0.1) is 17.1 Å². The van der Waals surface area contributed by atoms with Crippen molar-refractivity contribution in [3.8, 4) is 0 Å². The molecule has 3 N–H and O–H groups in total. The van der Waals surface area contributed by atoms with Crippen LogP contribution in [0.4, 0.5) is 0 Å². The van der Waals surface area contributed by atoms with Crippen LogP contribution in [0.15, 0.2) is 36.9 Å². The number of benzene rings is 1. The minimum atomic E-state index is -1.17. The molecule has 0 spiro atoms. The summed E-state index contributed by atoms with van der Waals surface area (Å²) in [5.41, 5.74) is 0.243. The van der Waals surface area contributed by atoms with Crippen LogP contribution in [0.5, 0.6) is 0 Å². The highest BCUT2D eigenvalue weighted by Crippen LogP contribution is 2.14. The van der Waals surface area contributed by atoms with Crippen LogP contribution in [0.2, 0.25) is 5.02 Å². The molecule has 0 heterocycles. The van der Waals surface area contributed by atoms with E-state index < -0.39 is 23.8 Å². The molecule has 0 fully saturated rings. The quantitative estimate of drug-likeness (QED) is 0.660. The number of hydrogen-bond donors (Lipinski definition) is 3. The minimum Gasteiger partial charge on any atom is -0.480 e. The number of hydrogen-bond acceptors (Lipinski definition) is 3. The number of amides is 2. The number of aliphatic carboxylic acids is 1. The third-order valence-corrected chi connectivity index (χ3v) is 2.89. The zero-order valence-corrected chi connectivity index (χ0v) is 11.9. The summed E-state index contributed by atoms with van der Waals surface area (Å²) in [6.07, 6.45) is 1.49. The SMILES string of the molecule is C=CCC(NC(=O)CNC(=O)c1ccccc1Cl)C(=O)O. The molecule has 21 heavy (non-hydrogen) atoms. The zero-order valence-electron chi connectivity index (χ0n) is 11.1. The minimum absolute atomic E-state index is 0.0968. The molecule has 1 aromatic carbocycles. The van der Waals surface area contributed by atoms with Crippen molar-refractivity contribution in [2.24, 2.45) is 0 Å². The standard InChI is InChI=1S/C14H15ClN2O4/c1-2-5-11(14(20)21)17-12(18)8-16-13(19)9-6-3-4-7-10(9)15/h2-4,6-7,11H,1,5,8H2,(H,16,19)(H,17,18)(H,20,21). The van der Waals surface area contributed by atoms with Gasteiger partial charge in [0.2, 0.25) is 5.91 Å². The molecule has 1 aromatic rings. The van der Waals surface area contributed by atoms with Gasteiger partial charge in [-0.15, -0.1) is 6.58 Å². The Morgan fingerprint density at radius 3 is 2.57 bits per heavy atom. The Balaban J connectivity index is 2.53. The van der Waals surface area contributed by atoms with Crippen LogP contribution in [0.25, 0.3) is 0 Å². The van der Waals surface area contributed by atoms with E-state index in [-0.39, 0.29) is 23.6 Å². The van der Waals surface area contributed by atoms with Crippen LogP contribution >= 0.6 is 11.6 Å². The van der Waals surface area contributed by atoms with E-state index in [2.05, 4.69) is 17.2 Å². The van der Waals surface area contributed by atoms with Gasteiger partial charge in [-0.25, -0.2) is 4.79 Å². The van der Waals surface area contributed by atoms with Gasteiger partial charge in [0.1, 0.15) is 6.04 Å². The number of nitrogens with one attached hydrogen (secondary N) is 2. The number of carbonyl (C=O) groups is 3. The van der Waals surface area contributed by atoms with Crippen molar-refractivity contribution < 1.29 is 19.5 Å². The molecule has 112 valence electrons. The van der Waals surface area contributed by atoms with Gasteiger partial charge in [0.25, 0.3) is 5.91 Å². The first-order valence-electron chi connectivity index (χ1n) is 6.11. The molecule has 0 aliphatic rings. The predicted molar refractivity (Wildman–Crippen MR) is 78.2 cm³/mol. The topological polar surface area (TPSA) is 95.5 Å². The molecule has 1 atom stereocenters. The Bertz CT molecular complexity index is 560. The number of carboxylic acid groups (broad SMARTS) is 1. The summed E-state index contributed by atoms with van der Waals surface area (Å²) in [6, 6.07) is 5.34. The van der Waals surface area contributed by atoms with E-state index in [0.717, 1.165) is 0 Å². The molecular formula is C14H15ClN2O4. The van der Waals surface area contributed by atoms with Gasteiger partial charge in [0.15, 0.2) is 0 Å². The maximum absolute atomic E-state index is 11.8. The summed E-state index contributed by atoms with van der Waals surface area (Å²) in [5, 5.41) is 13.8. The Morgan fingerprint density at radius 2 is 2.00 bits per heavy atom. The molecular weight excluding hydrogens is 296 g/mol. The second-order valence-electron chi connectivity index (χ2n) is 4.15. The molecule has 0 radical (unpaired) electrons. The van der Waals surface area contributed by atoms with E-state index >= 15 is 0 Å². The fourth-order valence-electron chi connectivity index (χ4n) is 1.53. The van der Waals surface area contributed by atoms with Crippen LogP contribution in [-0.4, -0.2) is 35.5 Å². The highest BCUT2D eigenvalue weighted by Gasteiger charge is 2.18. The Kier molecular flexibility index (Phi) is 6.42. The Labute approximate surface area is 126 Å². The molecule has 7 heteroatoms. The van der Waals surface area contributed by atoms with Gasteiger partial charge in [-0.05, 0) is 18.6 Å². The largest absolute Gasteiger partial charge is 0.480 e. The van der Waals surface area contributed by atoms with Crippen LogP contribution in [-0.2, 0) is 9.59 Å². The van der Waals surface area contributed by atoms with Gasteiger partial charge in [0, 0.05) is 0 Å². The highest BCUT2D eigenvalue weighted by molar-refractivity contribution is 6.33. The molecule has 1 rings (SSSR count). The van der Waals surface area contributed by atoms with Gasteiger partial charge in [-0.3, -0.25) is 9.59 Å². The summed E-state index contributed by atoms with van der Waals surface area (Å²) in [4.78, 5) is 34.3. The van der Waals surface area contributed by atoms with E-state index in [1.807, 2.05) is 0 Å². The number of carboxylic acids is 1. The molecule has 0 saturated heterocycles. The summed E-state index contributed by atoms with van der Waals surface area (Å²) >= 11 is 5.85. The van der Waals surface area contributed by atoms with Crippen molar-refractivity contribution in [2.45, 2.75) is 12.5 Å². The molecule has 2 amide bonds. The third-order valence-electron chi connectivity index (χ3n) is 2.56. The molecule has 0 saturated carbocycles. The van der Waals surface area contributed by atoms with E-state index in [1.54, 1.807) is 18.2 Å². The zero-order chi connectivity index (χ0) is 15.8. The summed E-state index contributed by atoms with van der Waals surface area (Å²) in [6.45, 7) is 3.07. The van der Waals surface area contributed by atoms with E-state index in [1.165, 1.54) is 12.1 Å². The molecule has 6 nitrogen and oxygen atoms in total. The van der Waals surface area contributed by atoms with E-state index in [4.69, 9.17) is 16.7 Å². The molecule has 0 aliphatic heterocycles. The second kappa shape index (κ2) is 8.06. The number of carbonyl (C=O) groups excluding carboxylic acids is 2. The average molecular weight is 311 g/mol. The van der Waals surface area contributed by atoms with Crippen LogP contribution in [0.1, 0.15) is 16.8 Å². The van der Waals surface area contributed by atoms with Crippen molar-refractivity contribution in [3.05, 3.63) is 47.5 Å². The lowest BCUT2D eigenvalue weighted by Gasteiger charge is -2.13. The predicted octanol–water partition coefficient (Wildman–Crippen LogP) is 1.22.